The van der Waals surface area contributed by atoms with E-state index in [-0.39, 0.29) is 31.4 Å². The number of nitrogens with zero attached hydrogens (tertiary/aromatic N) is 2. The molecule has 10 nitrogen and oxygen atoms in total. The number of anilines is 1. The van der Waals surface area contributed by atoms with E-state index in [1.165, 1.54) is 4.90 Å². The Hall–Kier alpha value is -4.28. The van der Waals surface area contributed by atoms with Crippen LogP contribution in [-0.4, -0.2) is 76.7 Å². The molecule has 8 atom stereocenters. The molecule has 1 spiro atoms. The van der Waals surface area contributed by atoms with Gasteiger partial charge in [-0.3, -0.25) is 19.2 Å². The second-order valence-electron chi connectivity index (χ2n) is 13.5. The molecular formula is C39H49N3O7. The number of rotatable bonds is 15. The monoisotopic (exact) mass is 671 g/mol. The molecule has 0 saturated carbocycles. The number of aryl methyl sites for hydroxylation is 2. The third-order valence-corrected chi connectivity index (χ3v) is 10.3. The molecule has 262 valence electrons. The molecular weight excluding hydrogens is 622 g/mol. The van der Waals surface area contributed by atoms with Crippen LogP contribution in [0.4, 0.5) is 5.69 Å². The number of aliphatic hydroxyl groups is 1. The number of carbonyl (C=O) groups is 4. The molecule has 3 heterocycles. The molecule has 2 N–H and O–H groups in total. The number of hydrogen-bond donors (Lipinski definition) is 2. The summed E-state index contributed by atoms with van der Waals surface area (Å²) in [4.78, 5) is 59.6. The van der Waals surface area contributed by atoms with Crippen LogP contribution in [-0.2, 0) is 28.7 Å². The maximum absolute atomic E-state index is 14.9. The van der Waals surface area contributed by atoms with E-state index in [9.17, 15) is 24.3 Å². The number of benzene rings is 2. The van der Waals surface area contributed by atoms with E-state index in [1.54, 1.807) is 24.0 Å². The number of ether oxygens (including phenoxy) is 2. The minimum atomic E-state index is -1.28. The van der Waals surface area contributed by atoms with E-state index in [0.717, 1.165) is 11.1 Å². The van der Waals surface area contributed by atoms with E-state index in [2.05, 4.69) is 18.5 Å². The second kappa shape index (κ2) is 15.1. The fourth-order valence-corrected chi connectivity index (χ4v) is 7.98. The highest BCUT2D eigenvalue weighted by Crippen LogP contribution is 2.59. The Morgan fingerprint density at radius 2 is 1.90 bits per heavy atom. The van der Waals surface area contributed by atoms with E-state index < -0.39 is 59.6 Å². The number of carbonyl (C=O) groups excluding carboxylic acids is 4. The lowest BCUT2D eigenvalue weighted by atomic mass is 9.70. The van der Waals surface area contributed by atoms with Crippen LogP contribution in [0.1, 0.15) is 68.7 Å². The van der Waals surface area contributed by atoms with Crippen molar-refractivity contribution in [2.45, 2.75) is 95.7 Å². The predicted octanol–water partition coefficient (Wildman–Crippen LogP) is 4.72. The third-order valence-electron chi connectivity index (χ3n) is 10.3. The molecule has 0 unspecified atom stereocenters. The average Bonchev–Trinajstić information content (AvgIpc) is 3.74. The normalized spacial score (nSPS) is 25.7. The van der Waals surface area contributed by atoms with Crippen LogP contribution in [0.25, 0.3) is 0 Å². The Kier molecular flexibility index (Phi) is 11.1. The van der Waals surface area contributed by atoms with Gasteiger partial charge in [0, 0.05) is 18.7 Å². The molecule has 3 fully saturated rings. The highest BCUT2D eigenvalue weighted by atomic mass is 16.6. The van der Waals surface area contributed by atoms with Gasteiger partial charge in [0.2, 0.25) is 11.8 Å². The Morgan fingerprint density at radius 3 is 2.55 bits per heavy atom. The van der Waals surface area contributed by atoms with Gasteiger partial charge in [0.15, 0.2) is 0 Å². The van der Waals surface area contributed by atoms with E-state index in [4.69, 9.17) is 9.47 Å². The molecule has 49 heavy (non-hydrogen) atoms. The Labute approximate surface area is 289 Å². The second-order valence-corrected chi connectivity index (χ2v) is 13.5. The highest BCUT2D eigenvalue weighted by Gasteiger charge is 2.75. The largest absolute Gasteiger partial charge is 0.455 e. The van der Waals surface area contributed by atoms with Crippen LogP contribution < -0.4 is 10.2 Å². The number of aliphatic hydroxyl groups excluding tert-OH is 1. The van der Waals surface area contributed by atoms with Crippen molar-refractivity contribution in [2.24, 2.45) is 11.8 Å². The summed E-state index contributed by atoms with van der Waals surface area (Å²) >= 11 is 0. The van der Waals surface area contributed by atoms with Crippen molar-refractivity contribution >= 4 is 29.4 Å². The number of fused-ring (bicyclic) bond motifs is 1. The van der Waals surface area contributed by atoms with Gasteiger partial charge in [-0.1, -0.05) is 61.5 Å². The van der Waals surface area contributed by atoms with Crippen molar-refractivity contribution < 1.29 is 33.8 Å². The SMILES string of the molecule is C=CCCC(=O)N[C@H](C)[C@@H](OC(=O)[C@@H]1[C@@H]2CC[C@]3(O2)[C@H](C(=O)N(CC=C)c2cc(C)ccc2C)N([C@@H](CC)CO)C(=O)[C@@H]13)c1ccccc1. The molecule has 3 aliphatic rings. The van der Waals surface area contributed by atoms with E-state index in [0.29, 0.717) is 36.9 Å². The van der Waals surface area contributed by atoms with Crippen LogP contribution in [0.2, 0.25) is 0 Å². The Bertz CT molecular complexity index is 1570. The molecule has 0 radical (unpaired) electrons. The maximum atomic E-state index is 14.9. The quantitative estimate of drug-likeness (QED) is 0.207. The molecule has 0 aliphatic carbocycles. The lowest BCUT2D eigenvalue weighted by Gasteiger charge is -2.39. The van der Waals surface area contributed by atoms with Crippen LogP contribution in [0.5, 0.6) is 0 Å². The topological polar surface area (TPSA) is 125 Å². The highest BCUT2D eigenvalue weighted by molar-refractivity contribution is 6.05. The number of hydrogen-bond acceptors (Lipinski definition) is 7. The van der Waals surface area contributed by atoms with Gasteiger partial charge in [-0.2, -0.15) is 0 Å². The molecule has 3 saturated heterocycles. The van der Waals surface area contributed by atoms with Crippen molar-refractivity contribution in [3.8, 4) is 0 Å². The first-order valence-electron chi connectivity index (χ1n) is 17.3. The number of allylic oxidation sites excluding steroid dienone is 1. The minimum absolute atomic E-state index is 0.197. The van der Waals surface area contributed by atoms with Crippen molar-refractivity contribution in [3.05, 3.63) is 90.5 Å². The molecule has 10 heteroatoms. The van der Waals surface area contributed by atoms with Gasteiger partial charge in [-0.15, -0.1) is 13.2 Å². The summed E-state index contributed by atoms with van der Waals surface area (Å²) in [7, 11) is 0. The Morgan fingerprint density at radius 1 is 1.16 bits per heavy atom. The van der Waals surface area contributed by atoms with Crippen LogP contribution in [0, 0.1) is 25.7 Å². The smallest absolute Gasteiger partial charge is 0.313 e. The average molecular weight is 672 g/mol. The van der Waals surface area contributed by atoms with Crippen LogP contribution in [0.15, 0.2) is 73.8 Å². The zero-order valence-corrected chi connectivity index (χ0v) is 29.0. The van der Waals surface area contributed by atoms with Crippen molar-refractivity contribution in [3.63, 3.8) is 0 Å². The first kappa shape index (κ1) is 36.0. The van der Waals surface area contributed by atoms with Gasteiger partial charge in [0.1, 0.15) is 17.7 Å². The first-order chi connectivity index (χ1) is 23.5. The fraction of sp³-hybridized carbons (Fsp3) is 0.487. The molecule has 3 aliphatic heterocycles. The van der Waals surface area contributed by atoms with Gasteiger partial charge < -0.3 is 29.7 Å². The predicted molar refractivity (Wildman–Crippen MR) is 186 cm³/mol. The van der Waals surface area contributed by atoms with Gasteiger partial charge in [-0.05, 0) is 69.2 Å². The first-order valence-corrected chi connectivity index (χ1v) is 17.3. The summed E-state index contributed by atoms with van der Waals surface area (Å²) in [6, 6.07) is 12.7. The third kappa shape index (κ3) is 6.68. The summed E-state index contributed by atoms with van der Waals surface area (Å²) in [5.41, 5.74) is 1.97. The van der Waals surface area contributed by atoms with Gasteiger partial charge in [0.05, 0.1) is 36.6 Å². The van der Waals surface area contributed by atoms with Gasteiger partial charge in [0.25, 0.3) is 5.91 Å². The van der Waals surface area contributed by atoms with Crippen LogP contribution in [0.3, 0.4) is 0 Å². The zero-order chi connectivity index (χ0) is 35.5. The summed E-state index contributed by atoms with van der Waals surface area (Å²) in [5.74, 6) is -3.51. The zero-order valence-electron chi connectivity index (χ0n) is 29.0. The summed E-state index contributed by atoms with van der Waals surface area (Å²) in [5, 5.41) is 13.4. The number of amides is 3. The molecule has 2 aromatic carbocycles. The van der Waals surface area contributed by atoms with Gasteiger partial charge in [-0.25, -0.2) is 0 Å². The number of nitrogens with one attached hydrogen (secondary N) is 1. The Balaban J connectivity index is 1.51. The van der Waals surface area contributed by atoms with E-state index in [1.807, 2.05) is 69.3 Å². The summed E-state index contributed by atoms with van der Waals surface area (Å²) < 4.78 is 12.9. The summed E-state index contributed by atoms with van der Waals surface area (Å²) in [6.45, 7) is 14.9. The lowest BCUT2D eigenvalue weighted by molar-refractivity contribution is -0.162. The summed E-state index contributed by atoms with van der Waals surface area (Å²) in [6.07, 6.45) is 3.88. The molecule has 2 aromatic rings. The van der Waals surface area contributed by atoms with Crippen molar-refractivity contribution in [2.75, 3.05) is 18.1 Å². The van der Waals surface area contributed by atoms with Gasteiger partial charge >= 0.3 is 5.97 Å². The lowest BCUT2D eigenvalue weighted by Crippen LogP contribution is -2.59. The number of esters is 1. The maximum Gasteiger partial charge on any atom is 0.313 e. The molecule has 0 aromatic heterocycles. The fourth-order valence-electron chi connectivity index (χ4n) is 7.98. The number of likely N-dealkylation sites (tertiary alicyclic amines) is 1. The molecule has 3 amide bonds. The van der Waals surface area contributed by atoms with Crippen molar-refractivity contribution in [1.82, 2.24) is 10.2 Å². The minimum Gasteiger partial charge on any atom is -0.455 e. The standard InChI is InChI=1S/C39H49N3O7/c1-7-10-16-31(44)40-26(6)34(27-14-12-11-13-15-27)48-38(47)32-30-19-20-39(49-30)33(32)36(45)42(28(9-3)23-43)35(39)37(46)41(21-8-2)29-22-24(4)17-18-25(29)5/h7-8,11-15,17-18,22,26,28,30,32-35,43H,1-2,9-10,16,19-21,23H2,3-6H3,(H,40,44)/t26-,28+,30+,32-,33-,34-,35+,39-/m1/s1. The molecule has 2 bridgehead atoms. The van der Waals surface area contributed by atoms with E-state index >= 15 is 0 Å². The van der Waals surface area contributed by atoms with Crippen LogP contribution >= 0.6 is 0 Å². The van der Waals surface area contributed by atoms with Crippen molar-refractivity contribution in [1.29, 1.82) is 0 Å². The molecule has 5 rings (SSSR count).